The molecule has 1 aromatic carbocycles. The summed E-state index contributed by atoms with van der Waals surface area (Å²) >= 11 is 0. The van der Waals surface area contributed by atoms with E-state index < -0.39 is 10.0 Å². The third-order valence-corrected chi connectivity index (χ3v) is 4.77. The second kappa shape index (κ2) is 7.37. The number of carbonyl (C=O) groups is 1. The molecule has 3 N–H and O–H groups in total. The number of carbonyl (C=O) groups excluding carboxylic acids is 1. The number of hydrogen-bond acceptors (Lipinski definition) is 4. The summed E-state index contributed by atoms with van der Waals surface area (Å²) in [4.78, 5) is 11.1. The van der Waals surface area contributed by atoms with Crippen LogP contribution in [0.1, 0.15) is 20.3 Å². The molecule has 0 fully saturated rings. The average molecular weight is 299 g/mol. The number of nitrogens with one attached hydrogen (secondary N) is 1. The van der Waals surface area contributed by atoms with Crippen LogP contribution in [0.2, 0.25) is 0 Å². The number of sulfonamides is 1. The van der Waals surface area contributed by atoms with Crippen molar-refractivity contribution >= 4 is 21.6 Å². The van der Waals surface area contributed by atoms with E-state index in [-0.39, 0.29) is 10.8 Å². The minimum atomic E-state index is -3.50. The van der Waals surface area contributed by atoms with Gasteiger partial charge in [-0.2, -0.15) is 4.31 Å². The maximum atomic E-state index is 12.4. The van der Waals surface area contributed by atoms with E-state index in [0.717, 1.165) is 0 Å². The molecule has 6 nitrogen and oxygen atoms in total. The topological polar surface area (TPSA) is 92.5 Å². The molecule has 0 spiro atoms. The van der Waals surface area contributed by atoms with Crippen LogP contribution < -0.4 is 11.1 Å². The van der Waals surface area contributed by atoms with Gasteiger partial charge < -0.3 is 11.1 Å². The SMILES string of the molecule is CCN(CCCN)S(=O)(=O)c1ccc(NC(C)=O)cc1. The molecule has 0 saturated heterocycles. The van der Waals surface area contributed by atoms with Crippen molar-refractivity contribution in [2.45, 2.75) is 25.2 Å². The Balaban J connectivity index is 2.93. The summed E-state index contributed by atoms with van der Waals surface area (Å²) in [5.41, 5.74) is 5.99. The number of amides is 1. The van der Waals surface area contributed by atoms with Gasteiger partial charge in [-0.25, -0.2) is 8.42 Å². The van der Waals surface area contributed by atoms with Crippen molar-refractivity contribution in [2.75, 3.05) is 25.0 Å². The lowest BCUT2D eigenvalue weighted by Crippen LogP contribution is -2.32. The van der Waals surface area contributed by atoms with Gasteiger partial charge in [-0.1, -0.05) is 6.92 Å². The van der Waals surface area contributed by atoms with Gasteiger partial charge in [0.15, 0.2) is 0 Å². The van der Waals surface area contributed by atoms with Crippen molar-refractivity contribution in [3.8, 4) is 0 Å². The zero-order valence-electron chi connectivity index (χ0n) is 11.8. The fourth-order valence-electron chi connectivity index (χ4n) is 1.78. The third kappa shape index (κ3) is 4.29. The molecule has 0 bridgehead atoms. The van der Waals surface area contributed by atoms with Gasteiger partial charge in [-0.15, -0.1) is 0 Å². The van der Waals surface area contributed by atoms with E-state index >= 15 is 0 Å². The van der Waals surface area contributed by atoms with E-state index in [2.05, 4.69) is 5.32 Å². The Morgan fingerprint density at radius 3 is 2.35 bits per heavy atom. The number of nitrogens with zero attached hydrogens (tertiary/aromatic N) is 1. The first-order chi connectivity index (χ1) is 9.41. The highest BCUT2D eigenvalue weighted by atomic mass is 32.2. The Morgan fingerprint density at radius 2 is 1.90 bits per heavy atom. The van der Waals surface area contributed by atoms with Gasteiger partial charge in [0.25, 0.3) is 0 Å². The van der Waals surface area contributed by atoms with Crippen LogP contribution in [0.15, 0.2) is 29.2 Å². The minimum absolute atomic E-state index is 0.196. The molecule has 7 heteroatoms. The predicted octanol–water partition coefficient (Wildman–Crippen LogP) is 1.00. The van der Waals surface area contributed by atoms with Gasteiger partial charge in [0.05, 0.1) is 4.90 Å². The highest BCUT2D eigenvalue weighted by Gasteiger charge is 2.22. The molecule has 0 radical (unpaired) electrons. The first-order valence-electron chi connectivity index (χ1n) is 6.49. The lowest BCUT2D eigenvalue weighted by atomic mass is 10.3. The van der Waals surface area contributed by atoms with Gasteiger partial charge in [0.1, 0.15) is 0 Å². The summed E-state index contributed by atoms with van der Waals surface area (Å²) in [6.07, 6.45) is 0.622. The lowest BCUT2D eigenvalue weighted by Gasteiger charge is -2.20. The fraction of sp³-hybridized carbons (Fsp3) is 0.462. The number of anilines is 1. The molecule has 0 saturated carbocycles. The molecular weight excluding hydrogens is 278 g/mol. The number of benzene rings is 1. The van der Waals surface area contributed by atoms with Crippen LogP contribution in [0.5, 0.6) is 0 Å². The minimum Gasteiger partial charge on any atom is -0.330 e. The van der Waals surface area contributed by atoms with Gasteiger partial charge in [0.2, 0.25) is 15.9 Å². The summed E-state index contributed by atoms with van der Waals surface area (Å²) in [5, 5.41) is 2.60. The zero-order valence-corrected chi connectivity index (χ0v) is 12.6. The Morgan fingerprint density at radius 1 is 1.30 bits per heavy atom. The van der Waals surface area contributed by atoms with Crippen LogP contribution in [0.3, 0.4) is 0 Å². The molecule has 1 aromatic rings. The van der Waals surface area contributed by atoms with E-state index in [4.69, 9.17) is 5.73 Å². The van der Waals surface area contributed by atoms with E-state index in [1.165, 1.54) is 23.4 Å². The maximum Gasteiger partial charge on any atom is 0.243 e. The van der Waals surface area contributed by atoms with Crippen molar-refractivity contribution in [1.82, 2.24) is 4.31 Å². The summed E-state index contributed by atoms with van der Waals surface area (Å²) in [6, 6.07) is 6.13. The normalized spacial score (nSPS) is 11.6. The second-order valence-corrected chi connectivity index (χ2v) is 6.28. The van der Waals surface area contributed by atoms with Crippen LogP contribution >= 0.6 is 0 Å². The van der Waals surface area contributed by atoms with E-state index in [0.29, 0.717) is 31.7 Å². The average Bonchev–Trinajstić information content (AvgIpc) is 2.39. The van der Waals surface area contributed by atoms with Crippen molar-refractivity contribution in [3.05, 3.63) is 24.3 Å². The molecule has 0 aromatic heterocycles. The van der Waals surface area contributed by atoms with Crippen molar-refractivity contribution in [1.29, 1.82) is 0 Å². The van der Waals surface area contributed by atoms with Crippen LogP contribution in [0, 0.1) is 0 Å². The molecule has 0 heterocycles. The van der Waals surface area contributed by atoms with Crippen LogP contribution in [0.4, 0.5) is 5.69 Å². The predicted molar refractivity (Wildman–Crippen MR) is 78.8 cm³/mol. The molecule has 0 unspecified atom stereocenters. The van der Waals surface area contributed by atoms with E-state index in [1.807, 2.05) is 0 Å². The van der Waals surface area contributed by atoms with Gasteiger partial charge in [-0.3, -0.25) is 4.79 Å². The fourth-order valence-corrected chi connectivity index (χ4v) is 3.27. The Kier molecular flexibility index (Phi) is 6.12. The summed E-state index contributed by atoms with van der Waals surface area (Å²) in [6.45, 7) is 4.45. The largest absolute Gasteiger partial charge is 0.330 e. The Hall–Kier alpha value is -1.44. The zero-order chi connectivity index (χ0) is 15.2. The smallest absolute Gasteiger partial charge is 0.243 e. The summed E-state index contributed by atoms with van der Waals surface area (Å²) < 4.78 is 26.2. The highest BCUT2D eigenvalue weighted by Crippen LogP contribution is 2.18. The molecule has 0 atom stereocenters. The van der Waals surface area contributed by atoms with Gasteiger partial charge in [0, 0.05) is 25.7 Å². The first kappa shape index (κ1) is 16.6. The van der Waals surface area contributed by atoms with Crippen molar-refractivity contribution < 1.29 is 13.2 Å². The highest BCUT2D eigenvalue weighted by molar-refractivity contribution is 7.89. The molecule has 20 heavy (non-hydrogen) atoms. The van der Waals surface area contributed by atoms with E-state index in [1.54, 1.807) is 19.1 Å². The number of nitrogens with two attached hydrogens (primary N) is 1. The first-order valence-corrected chi connectivity index (χ1v) is 7.93. The maximum absolute atomic E-state index is 12.4. The quantitative estimate of drug-likeness (QED) is 0.785. The van der Waals surface area contributed by atoms with Crippen LogP contribution in [-0.4, -0.2) is 38.3 Å². The van der Waals surface area contributed by atoms with Crippen molar-refractivity contribution in [3.63, 3.8) is 0 Å². The molecule has 0 aliphatic rings. The molecule has 0 aliphatic carbocycles. The molecule has 1 amide bonds. The standard InChI is InChI=1S/C13H21N3O3S/c1-3-16(10-4-9-14)20(18,19)13-7-5-12(6-8-13)15-11(2)17/h5-8H,3-4,9-10,14H2,1-2H3,(H,15,17). The third-order valence-electron chi connectivity index (χ3n) is 2.78. The molecule has 112 valence electrons. The Bertz CT molecular complexity index is 540. The van der Waals surface area contributed by atoms with Crippen LogP contribution in [-0.2, 0) is 14.8 Å². The molecular formula is C13H21N3O3S. The second-order valence-electron chi connectivity index (χ2n) is 4.34. The number of rotatable bonds is 7. The van der Waals surface area contributed by atoms with Gasteiger partial charge in [-0.05, 0) is 37.2 Å². The lowest BCUT2D eigenvalue weighted by molar-refractivity contribution is -0.114. The number of hydrogen-bond donors (Lipinski definition) is 2. The Labute approximate surface area is 120 Å². The summed E-state index contributed by atoms with van der Waals surface area (Å²) in [7, 11) is -3.50. The summed E-state index contributed by atoms with van der Waals surface area (Å²) in [5.74, 6) is -0.196. The van der Waals surface area contributed by atoms with E-state index in [9.17, 15) is 13.2 Å². The monoisotopic (exact) mass is 299 g/mol. The molecule has 1 rings (SSSR count). The van der Waals surface area contributed by atoms with Crippen LogP contribution in [0.25, 0.3) is 0 Å². The van der Waals surface area contributed by atoms with Crippen molar-refractivity contribution in [2.24, 2.45) is 5.73 Å². The van der Waals surface area contributed by atoms with Gasteiger partial charge >= 0.3 is 0 Å². The molecule has 0 aliphatic heterocycles.